The first kappa shape index (κ1) is 13.7. The summed E-state index contributed by atoms with van der Waals surface area (Å²) in [5.41, 5.74) is 0.374. The highest BCUT2D eigenvalue weighted by atomic mass is 32.2. The van der Waals surface area contributed by atoms with Crippen LogP contribution in [0.3, 0.4) is 0 Å². The van der Waals surface area contributed by atoms with E-state index in [1.807, 2.05) is 6.07 Å². The van der Waals surface area contributed by atoms with Crippen molar-refractivity contribution in [2.24, 2.45) is 5.92 Å². The van der Waals surface area contributed by atoms with Crippen LogP contribution in [0, 0.1) is 24.2 Å². The van der Waals surface area contributed by atoms with Gasteiger partial charge in [-0.1, -0.05) is 5.16 Å². The molecule has 0 aliphatic rings. The molecule has 6 nitrogen and oxygen atoms in total. The van der Waals surface area contributed by atoms with Crippen molar-refractivity contribution >= 4 is 10.0 Å². The minimum absolute atomic E-state index is 0.176. The van der Waals surface area contributed by atoms with Gasteiger partial charge in [0.05, 0.1) is 12.0 Å². The fraction of sp³-hybridized carbons (Fsp3) is 0.600. The summed E-state index contributed by atoms with van der Waals surface area (Å²) < 4.78 is 29.8. The van der Waals surface area contributed by atoms with Gasteiger partial charge in [0.25, 0.3) is 0 Å². The molecule has 1 aromatic heterocycles. The summed E-state index contributed by atoms with van der Waals surface area (Å²) in [5.74, 6) is 0.0241. The zero-order chi connectivity index (χ0) is 13.1. The lowest BCUT2D eigenvalue weighted by molar-refractivity contribution is 0.390. The quantitative estimate of drug-likeness (QED) is 0.782. The van der Waals surface area contributed by atoms with Crippen LogP contribution in [0.2, 0.25) is 0 Å². The largest absolute Gasteiger partial charge is 0.361 e. The van der Waals surface area contributed by atoms with Crippen molar-refractivity contribution in [1.82, 2.24) is 9.46 Å². The molecule has 1 rings (SSSR count). The topological polar surface area (TPSA) is 87.2 Å². The number of sulfonamides is 1. The van der Waals surface area contributed by atoms with Crippen LogP contribution < -0.4 is 0 Å². The number of hydrogen-bond acceptors (Lipinski definition) is 5. The van der Waals surface area contributed by atoms with Crippen LogP contribution >= 0.6 is 0 Å². The van der Waals surface area contributed by atoms with E-state index in [1.165, 1.54) is 11.4 Å². The van der Waals surface area contributed by atoms with E-state index >= 15 is 0 Å². The number of aryl methyl sites for hydroxylation is 1. The van der Waals surface area contributed by atoms with Gasteiger partial charge in [-0.15, -0.1) is 0 Å². The molecule has 0 N–H and O–H groups in total. The number of rotatable bonds is 5. The van der Waals surface area contributed by atoms with Crippen LogP contribution in [-0.2, 0) is 15.8 Å². The van der Waals surface area contributed by atoms with Gasteiger partial charge in [-0.05, 0) is 13.8 Å². The molecule has 17 heavy (non-hydrogen) atoms. The standard InChI is InChI=1S/C10H15N3O3S/c1-8(5-11)6-13(3)17(14,15)7-10-4-9(2)16-12-10/h4,8H,6-7H2,1-3H3. The normalized spacial score (nSPS) is 13.6. The lowest BCUT2D eigenvalue weighted by Crippen LogP contribution is -2.31. The molecular weight excluding hydrogens is 242 g/mol. The van der Waals surface area contributed by atoms with E-state index in [1.54, 1.807) is 19.9 Å². The second kappa shape index (κ2) is 5.29. The van der Waals surface area contributed by atoms with Crippen LogP contribution in [-0.4, -0.2) is 31.5 Å². The van der Waals surface area contributed by atoms with Crippen molar-refractivity contribution in [3.63, 3.8) is 0 Å². The Labute approximate surface area is 101 Å². The lowest BCUT2D eigenvalue weighted by atomic mass is 10.2. The monoisotopic (exact) mass is 257 g/mol. The third-order valence-corrected chi connectivity index (χ3v) is 3.99. The summed E-state index contributed by atoms with van der Waals surface area (Å²) in [4.78, 5) is 0. The van der Waals surface area contributed by atoms with E-state index in [2.05, 4.69) is 5.16 Å². The first-order chi connectivity index (χ1) is 7.85. The number of nitrogens with zero attached hydrogens (tertiary/aromatic N) is 3. The maximum atomic E-state index is 11.9. The fourth-order valence-corrected chi connectivity index (χ4v) is 2.50. The molecule has 0 saturated heterocycles. The van der Waals surface area contributed by atoms with E-state index in [4.69, 9.17) is 9.78 Å². The van der Waals surface area contributed by atoms with Crippen molar-refractivity contribution in [3.05, 3.63) is 17.5 Å². The molecule has 1 heterocycles. The van der Waals surface area contributed by atoms with Crippen LogP contribution in [0.15, 0.2) is 10.6 Å². The Balaban J connectivity index is 2.72. The van der Waals surface area contributed by atoms with Crippen LogP contribution in [0.5, 0.6) is 0 Å². The minimum Gasteiger partial charge on any atom is -0.361 e. The summed E-state index contributed by atoms with van der Waals surface area (Å²) >= 11 is 0. The van der Waals surface area contributed by atoms with Gasteiger partial charge in [-0.3, -0.25) is 0 Å². The molecule has 1 atom stereocenters. The SMILES string of the molecule is Cc1cc(CS(=O)(=O)N(C)CC(C)C#N)no1. The van der Waals surface area contributed by atoms with Gasteiger partial charge in [0.1, 0.15) is 17.2 Å². The summed E-state index contributed by atoms with van der Waals surface area (Å²) in [6.07, 6.45) is 0. The summed E-state index contributed by atoms with van der Waals surface area (Å²) in [5, 5.41) is 12.3. The minimum atomic E-state index is -3.45. The molecule has 7 heteroatoms. The van der Waals surface area contributed by atoms with Crippen molar-refractivity contribution in [3.8, 4) is 6.07 Å². The van der Waals surface area contributed by atoms with Crippen molar-refractivity contribution < 1.29 is 12.9 Å². The molecule has 0 aromatic carbocycles. The van der Waals surface area contributed by atoms with Crippen molar-refractivity contribution in [2.45, 2.75) is 19.6 Å². The van der Waals surface area contributed by atoms with Gasteiger partial charge in [-0.25, -0.2) is 12.7 Å². The predicted octanol–water partition coefficient (Wildman–Crippen LogP) is 0.904. The van der Waals surface area contributed by atoms with Crippen LogP contribution in [0.25, 0.3) is 0 Å². The Bertz CT molecular complexity index is 515. The molecule has 0 bridgehead atoms. The smallest absolute Gasteiger partial charge is 0.219 e. The Hall–Kier alpha value is -1.39. The van der Waals surface area contributed by atoms with E-state index in [-0.39, 0.29) is 18.2 Å². The number of aromatic nitrogens is 1. The van der Waals surface area contributed by atoms with E-state index in [0.717, 1.165) is 0 Å². The summed E-state index contributed by atoms with van der Waals surface area (Å²) in [6, 6.07) is 3.58. The zero-order valence-electron chi connectivity index (χ0n) is 10.0. The Kier molecular flexibility index (Phi) is 4.26. The summed E-state index contributed by atoms with van der Waals surface area (Å²) in [7, 11) is -1.99. The van der Waals surface area contributed by atoms with Crippen molar-refractivity contribution in [2.75, 3.05) is 13.6 Å². The van der Waals surface area contributed by atoms with E-state index in [9.17, 15) is 8.42 Å². The Morgan fingerprint density at radius 1 is 1.65 bits per heavy atom. The molecule has 0 spiro atoms. The number of hydrogen-bond donors (Lipinski definition) is 0. The Morgan fingerprint density at radius 3 is 2.76 bits per heavy atom. The van der Waals surface area contributed by atoms with Gasteiger partial charge in [0.15, 0.2) is 0 Å². The first-order valence-electron chi connectivity index (χ1n) is 5.11. The highest BCUT2D eigenvalue weighted by Crippen LogP contribution is 2.11. The second-order valence-corrected chi connectivity index (χ2v) is 6.07. The summed E-state index contributed by atoms with van der Waals surface area (Å²) in [6.45, 7) is 3.55. The second-order valence-electron chi connectivity index (χ2n) is 4.00. The molecule has 0 amide bonds. The van der Waals surface area contributed by atoms with Crippen LogP contribution in [0.1, 0.15) is 18.4 Å². The maximum absolute atomic E-state index is 11.9. The molecule has 0 fully saturated rings. The van der Waals surface area contributed by atoms with Crippen molar-refractivity contribution in [1.29, 1.82) is 5.26 Å². The third kappa shape index (κ3) is 3.84. The predicted molar refractivity (Wildman–Crippen MR) is 61.3 cm³/mol. The van der Waals surface area contributed by atoms with Gasteiger partial charge >= 0.3 is 0 Å². The Morgan fingerprint density at radius 2 is 2.29 bits per heavy atom. The molecular formula is C10H15N3O3S. The van der Waals surface area contributed by atoms with E-state index in [0.29, 0.717) is 11.5 Å². The third-order valence-electron chi connectivity index (χ3n) is 2.23. The molecule has 0 saturated carbocycles. The van der Waals surface area contributed by atoms with Crippen LogP contribution in [0.4, 0.5) is 0 Å². The van der Waals surface area contributed by atoms with Gasteiger partial charge in [-0.2, -0.15) is 5.26 Å². The highest BCUT2D eigenvalue weighted by molar-refractivity contribution is 7.88. The van der Waals surface area contributed by atoms with Gasteiger partial charge < -0.3 is 4.52 Å². The molecule has 0 aliphatic carbocycles. The number of nitriles is 1. The average Bonchev–Trinajstić information content (AvgIpc) is 2.62. The molecule has 0 aliphatic heterocycles. The lowest BCUT2D eigenvalue weighted by Gasteiger charge is -2.17. The maximum Gasteiger partial charge on any atom is 0.219 e. The molecule has 1 aromatic rings. The molecule has 94 valence electrons. The zero-order valence-corrected chi connectivity index (χ0v) is 10.9. The molecule has 0 radical (unpaired) electrons. The average molecular weight is 257 g/mol. The van der Waals surface area contributed by atoms with E-state index < -0.39 is 10.0 Å². The van der Waals surface area contributed by atoms with Gasteiger partial charge in [0, 0.05) is 19.7 Å². The van der Waals surface area contributed by atoms with Gasteiger partial charge in [0.2, 0.25) is 10.0 Å². The molecule has 1 unspecified atom stereocenters. The first-order valence-corrected chi connectivity index (χ1v) is 6.72. The highest BCUT2D eigenvalue weighted by Gasteiger charge is 2.21. The fourth-order valence-electron chi connectivity index (χ4n) is 1.32.